The lowest BCUT2D eigenvalue weighted by molar-refractivity contribution is -0.161. The molecule has 99 heavy (non-hydrogen) atoms. The van der Waals surface area contributed by atoms with E-state index in [1.54, 1.807) is 0 Å². The predicted molar refractivity (Wildman–Crippen MR) is 408 cm³/mol. The summed E-state index contributed by atoms with van der Waals surface area (Å²) in [5, 5.41) is 20.6. The van der Waals surface area contributed by atoms with E-state index in [-0.39, 0.29) is 19.3 Å². The molecule has 4 N–H and O–H groups in total. The van der Waals surface area contributed by atoms with Crippen LogP contribution in [0.1, 0.15) is 303 Å². The number of ether oxygens (including phenoxy) is 3. The molecule has 0 amide bonds. The highest BCUT2D eigenvalue weighted by Crippen LogP contribution is 2.45. The number of aliphatic hydroxyl groups is 2. The lowest BCUT2D eigenvalue weighted by Crippen LogP contribution is -2.30. The molecule has 0 aromatic carbocycles. The average molecular weight is 1430 g/mol. The molecule has 0 bridgehead atoms. The molecule has 16 nitrogen and oxygen atoms in total. The number of phosphoric acid groups is 2. The minimum Gasteiger partial charge on any atom is -0.463 e. The van der Waals surface area contributed by atoms with E-state index in [1.807, 2.05) is 12.2 Å². The van der Waals surface area contributed by atoms with Gasteiger partial charge in [0, 0.05) is 19.3 Å². The van der Waals surface area contributed by atoms with E-state index in [2.05, 4.69) is 142 Å². The van der Waals surface area contributed by atoms with Crippen molar-refractivity contribution in [3.8, 4) is 0 Å². The summed E-state index contributed by atoms with van der Waals surface area (Å²) in [4.78, 5) is 58.4. The molecule has 0 spiro atoms. The van der Waals surface area contributed by atoms with Gasteiger partial charge in [-0.2, -0.15) is 0 Å². The van der Waals surface area contributed by atoms with Crippen LogP contribution in [-0.4, -0.2) is 95.9 Å². The molecule has 0 aromatic rings. The molecule has 5 atom stereocenters. The fourth-order valence-corrected chi connectivity index (χ4v) is 11.6. The minimum absolute atomic E-state index is 0.0804. The second-order valence-corrected chi connectivity index (χ2v) is 28.3. The molecule has 0 fully saturated rings. The number of hydrogen-bond donors (Lipinski definition) is 4. The van der Waals surface area contributed by atoms with Gasteiger partial charge in [0.15, 0.2) is 6.10 Å². The molecule has 18 heteroatoms. The van der Waals surface area contributed by atoms with Gasteiger partial charge in [-0.1, -0.05) is 289 Å². The van der Waals surface area contributed by atoms with Gasteiger partial charge < -0.3 is 34.2 Å². The summed E-state index contributed by atoms with van der Waals surface area (Å²) in [6, 6.07) is 0. The van der Waals surface area contributed by atoms with Gasteiger partial charge in [0.25, 0.3) is 0 Å². The van der Waals surface area contributed by atoms with Gasteiger partial charge in [0.05, 0.1) is 26.4 Å². The second-order valence-electron chi connectivity index (χ2n) is 25.4. The standard InChI is InChI=1S/C81H138O16P2/c1-4-7-10-13-16-19-22-25-27-29-30-31-32-33-34-35-36-37-38-39-40-41-42-43-44-46-48-50-52-55-58-61-64-67-79(84)91-70-76(82)71-93-98(87,88)94-72-77(83)73-95-99(89,90)96-75-78(97-81(86)69-66-63-60-57-54-49-24-21-18-15-12-9-6-3)74-92-80(85)68-65-62-59-56-53-51-47-45-28-26-23-20-17-14-11-8-5-2/h7-8,10-11,16-17,19-21,24-28,30-31,33-34,47,51,56,59,76-78,82-83H,4-6,9,12-15,18,22-23,29,32,35-46,48-50,52-55,57-58,60-75H2,1-3H3,(H,87,88)(H,89,90)/b10-7-,11-8-,19-16-,20-17-,24-21-,27-25-,28-26-,31-30-,34-33-,51-47-,59-56-. The molecule has 0 radical (unpaired) electrons. The highest BCUT2D eigenvalue weighted by Gasteiger charge is 2.29. The van der Waals surface area contributed by atoms with E-state index in [0.29, 0.717) is 25.7 Å². The van der Waals surface area contributed by atoms with Crippen LogP contribution in [-0.2, 0) is 55.8 Å². The fourth-order valence-electron chi connectivity index (χ4n) is 10.0. The number of carbonyl (C=O) groups is 3. The van der Waals surface area contributed by atoms with Crippen molar-refractivity contribution in [3.05, 3.63) is 134 Å². The van der Waals surface area contributed by atoms with Crippen molar-refractivity contribution in [2.45, 2.75) is 322 Å². The number of hydrogen-bond acceptors (Lipinski definition) is 14. The molecule has 0 aliphatic heterocycles. The molecule has 0 saturated carbocycles. The first-order valence-corrected chi connectivity index (χ1v) is 41.5. The molecule has 0 heterocycles. The van der Waals surface area contributed by atoms with Gasteiger partial charge >= 0.3 is 33.6 Å². The number of rotatable bonds is 72. The van der Waals surface area contributed by atoms with Crippen LogP contribution in [0.2, 0.25) is 0 Å². The highest BCUT2D eigenvalue weighted by molar-refractivity contribution is 7.47. The number of esters is 3. The lowest BCUT2D eigenvalue weighted by atomic mass is 10.0. The molecule has 0 aromatic heterocycles. The fraction of sp³-hybridized carbons (Fsp3) is 0.691. The first-order chi connectivity index (χ1) is 48.2. The maximum absolute atomic E-state index is 12.9. The molecular formula is C81H138O16P2. The van der Waals surface area contributed by atoms with Crippen LogP contribution in [0.5, 0.6) is 0 Å². The summed E-state index contributed by atoms with van der Waals surface area (Å²) in [6.45, 7) is 2.36. The van der Waals surface area contributed by atoms with Gasteiger partial charge in [0.1, 0.15) is 25.4 Å². The first kappa shape index (κ1) is 94.7. The highest BCUT2D eigenvalue weighted by atomic mass is 31.2. The van der Waals surface area contributed by atoms with E-state index in [9.17, 15) is 43.5 Å². The lowest BCUT2D eigenvalue weighted by Gasteiger charge is -2.21. The van der Waals surface area contributed by atoms with Gasteiger partial charge in [-0.15, -0.1) is 0 Å². The van der Waals surface area contributed by atoms with Crippen LogP contribution in [0.25, 0.3) is 0 Å². The summed E-state index contributed by atoms with van der Waals surface area (Å²) >= 11 is 0. The molecule has 0 aliphatic carbocycles. The zero-order valence-corrected chi connectivity index (χ0v) is 63.7. The van der Waals surface area contributed by atoms with Crippen LogP contribution < -0.4 is 0 Å². The first-order valence-electron chi connectivity index (χ1n) is 38.5. The third-order valence-corrected chi connectivity index (χ3v) is 17.7. The Labute approximate surface area is 601 Å². The Bertz CT molecular complexity index is 2330. The Kier molecular flexibility index (Phi) is 70.2. The van der Waals surface area contributed by atoms with Crippen molar-refractivity contribution in [2.24, 2.45) is 0 Å². The van der Waals surface area contributed by atoms with E-state index in [4.69, 9.17) is 32.3 Å². The number of aliphatic hydroxyl groups excluding tert-OH is 2. The van der Waals surface area contributed by atoms with Crippen LogP contribution in [0, 0.1) is 0 Å². The van der Waals surface area contributed by atoms with Crippen molar-refractivity contribution >= 4 is 33.6 Å². The van der Waals surface area contributed by atoms with Gasteiger partial charge in [-0.25, -0.2) is 9.13 Å². The van der Waals surface area contributed by atoms with Gasteiger partial charge in [-0.3, -0.25) is 32.5 Å². The largest absolute Gasteiger partial charge is 0.472 e. The third-order valence-electron chi connectivity index (χ3n) is 15.8. The van der Waals surface area contributed by atoms with Crippen molar-refractivity contribution in [2.75, 3.05) is 39.6 Å². The summed E-state index contributed by atoms with van der Waals surface area (Å²) in [5.41, 5.74) is 0. The zero-order valence-electron chi connectivity index (χ0n) is 61.9. The van der Waals surface area contributed by atoms with Crippen LogP contribution in [0.15, 0.2) is 134 Å². The van der Waals surface area contributed by atoms with Crippen LogP contribution in [0.3, 0.4) is 0 Å². The van der Waals surface area contributed by atoms with E-state index < -0.39 is 91.5 Å². The van der Waals surface area contributed by atoms with E-state index in [1.165, 1.54) is 116 Å². The normalized spacial score (nSPS) is 14.8. The maximum Gasteiger partial charge on any atom is 0.472 e. The molecule has 0 saturated heterocycles. The smallest absolute Gasteiger partial charge is 0.463 e. The summed E-state index contributed by atoms with van der Waals surface area (Å²) in [5.74, 6) is -1.65. The zero-order chi connectivity index (χ0) is 72.3. The topological polar surface area (TPSA) is 231 Å². The van der Waals surface area contributed by atoms with Crippen molar-refractivity contribution < 1.29 is 75.8 Å². The molecule has 0 aliphatic rings. The second kappa shape index (κ2) is 73.4. The van der Waals surface area contributed by atoms with Gasteiger partial charge in [-0.05, 0) is 128 Å². The van der Waals surface area contributed by atoms with Gasteiger partial charge in [0.2, 0.25) is 0 Å². The Hall–Kier alpha value is -4.31. The van der Waals surface area contributed by atoms with Crippen molar-refractivity contribution in [1.82, 2.24) is 0 Å². The van der Waals surface area contributed by atoms with E-state index in [0.717, 1.165) is 122 Å². The summed E-state index contributed by atoms with van der Waals surface area (Å²) in [7, 11) is -9.80. The van der Waals surface area contributed by atoms with Crippen LogP contribution >= 0.6 is 15.6 Å². The Morgan fingerprint density at radius 2 is 0.545 bits per heavy atom. The number of phosphoric ester groups is 2. The average Bonchev–Trinajstić information content (AvgIpc) is 1.38. The summed E-state index contributed by atoms with van der Waals surface area (Å²) in [6.07, 6.45) is 88.2. The Morgan fingerprint density at radius 3 is 0.899 bits per heavy atom. The van der Waals surface area contributed by atoms with E-state index >= 15 is 0 Å². The molecule has 5 unspecified atom stereocenters. The molecule has 568 valence electrons. The maximum atomic E-state index is 12.9. The predicted octanol–water partition coefficient (Wildman–Crippen LogP) is 22.3. The number of unbranched alkanes of at least 4 members (excludes halogenated alkanes) is 27. The summed E-state index contributed by atoms with van der Waals surface area (Å²) < 4.78 is 60.9. The number of allylic oxidation sites excluding steroid dienone is 22. The minimum atomic E-state index is -4.94. The quantitative estimate of drug-likeness (QED) is 0.0146. The number of carbonyl (C=O) groups excluding carboxylic acids is 3. The Morgan fingerprint density at radius 1 is 0.293 bits per heavy atom. The van der Waals surface area contributed by atoms with Crippen molar-refractivity contribution in [3.63, 3.8) is 0 Å². The molecular weight excluding hydrogens is 1290 g/mol. The van der Waals surface area contributed by atoms with Crippen molar-refractivity contribution in [1.29, 1.82) is 0 Å². The SMILES string of the molecule is CC/C=C\C/C=C\C/C=C\C/C=C\C/C=C\CCCCCCCCCCCCCCCCCCCC(=O)OCC(O)COP(=O)(O)OCC(O)COP(=O)(O)OCC(COC(=O)CCC/C=C\C/C=C\C/C=C\C/C=C\C/C=C\CC)OC(=O)CCCCCCC/C=C\CCCCCC. The molecule has 0 rings (SSSR count). The third kappa shape index (κ3) is 74.7. The van der Waals surface area contributed by atoms with Crippen LogP contribution in [0.4, 0.5) is 0 Å². The monoisotopic (exact) mass is 1430 g/mol. The Balaban J connectivity index is 4.42.